The van der Waals surface area contributed by atoms with E-state index >= 15 is 0 Å². The minimum atomic E-state index is -1.80. The molecule has 2 aliphatic rings. The molecule has 0 aromatic heterocycles. The predicted molar refractivity (Wildman–Crippen MR) is 401 cm³/mol. The third kappa shape index (κ3) is 49.0. The SMILES string of the molecule is CC/C=C\C/C=C\C/C=C\C/C=C\C/C=C\C/C=C\C/C=C\C/C=C\CCCCCCCCC(=O)NC(COC1OC(CO)C(OC2OC(CO)C(O)C(O)C2O)C(O)C1O)C(O)/C=C/CCCCCCCCCCCCCCCCCCCCCCCCCCCCCCCC. The van der Waals surface area contributed by atoms with Crippen LogP contribution in [0.25, 0.3) is 0 Å². The van der Waals surface area contributed by atoms with Gasteiger partial charge in [0.2, 0.25) is 5.91 Å². The van der Waals surface area contributed by atoms with Crippen LogP contribution in [0.3, 0.4) is 0 Å². The minimum absolute atomic E-state index is 0.255. The summed E-state index contributed by atoms with van der Waals surface area (Å²) < 4.78 is 22.9. The van der Waals surface area contributed by atoms with Gasteiger partial charge in [0.05, 0.1) is 32.0 Å². The smallest absolute Gasteiger partial charge is 0.220 e. The molecule has 560 valence electrons. The molecule has 9 N–H and O–H groups in total. The van der Waals surface area contributed by atoms with E-state index in [1.54, 1.807) is 6.08 Å². The first kappa shape index (κ1) is 89.7. The fourth-order valence-corrected chi connectivity index (χ4v) is 12.5. The second kappa shape index (κ2) is 65.9. The summed E-state index contributed by atoms with van der Waals surface area (Å²) >= 11 is 0. The van der Waals surface area contributed by atoms with Gasteiger partial charge in [-0.3, -0.25) is 4.79 Å². The maximum Gasteiger partial charge on any atom is 0.220 e. The average Bonchev–Trinajstić information content (AvgIpc) is 0.794. The number of nitrogens with one attached hydrogen (secondary N) is 1. The van der Waals surface area contributed by atoms with Crippen molar-refractivity contribution >= 4 is 5.91 Å². The lowest BCUT2D eigenvalue weighted by molar-refractivity contribution is -0.359. The highest BCUT2D eigenvalue weighted by molar-refractivity contribution is 5.76. The Labute approximate surface area is 591 Å². The van der Waals surface area contributed by atoms with E-state index in [1.165, 1.54) is 180 Å². The molecule has 0 radical (unpaired) electrons. The molecule has 0 bridgehead atoms. The van der Waals surface area contributed by atoms with Gasteiger partial charge < -0.3 is 65.1 Å². The van der Waals surface area contributed by atoms with Crippen molar-refractivity contribution in [1.29, 1.82) is 0 Å². The lowest BCUT2D eigenvalue weighted by atomic mass is 9.97. The van der Waals surface area contributed by atoms with E-state index < -0.39 is 86.8 Å². The molecule has 0 spiro atoms. The van der Waals surface area contributed by atoms with Crippen LogP contribution in [-0.2, 0) is 23.7 Å². The molecule has 97 heavy (non-hydrogen) atoms. The maximum atomic E-state index is 13.4. The monoisotopic (exact) mass is 1360 g/mol. The third-order valence-electron chi connectivity index (χ3n) is 18.7. The number of unbranched alkanes of at least 4 members (excludes halogenated alkanes) is 36. The molecule has 14 heteroatoms. The number of aliphatic hydroxyl groups is 8. The largest absolute Gasteiger partial charge is 0.394 e. The van der Waals surface area contributed by atoms with Gasteiger partial charge in [-0.2, -0.15) is 0 Å². The van der Waals surface area contributed by atoms with Crippen molar-refractivity contribution in [3.63, 3.8) is 0 Å². The van der Waals surface area contributed by atoms with Crippen LogP contribution in [0.4, 0.5) is 0 Å². The third-order valence-corrected chi connectivity index (χ3v) is 18.7. The molecule has 12 atom stereocenters. The Morgan fingerprint density at radius 2 is 0.711 bits per heavy atom. The number of ether oxygens (including phenoxy) is 4. The highest BCUT2D eigenvalue weighted by Crippen LogP contribution is 2.30. The molecule has 2 aliphatic heterocycles. The highest BCUT2D eigenvalue weighted by Gasteiger charge is 2.51. The summed E-state index contributed by atoms with van der Waals surface area (Å²) in [6.07, 6.45) is 78.7. The fraction of sp³-hybridized carbons (Fsp3) is 0.771. The fourth-order valence-electron chi connectivity index (χ4n) is 12.5. The lowest BCUT2D eigenvalue weighted by Gasteiger charge is -2.46. The van der Waals surface area contributed by atoms with Gasteiger partial charge in [-0.25, -0.2) is 0 Å². The lowest BCUT2D eigenvalue weighted by Crippen LogP contribution is -2.65. The van der Waals surface area contributed by atoms with Gasteiger partial charge in [-0.05, 0) is 83.5 Å². The number of carbonyl (C=O) groups excluding carboxylic acids is 1. The van der Waals surface area contributed by atoms with Crippen LogP contribution < -0.4 is 5.32 Å². The molecule has 0 aromatic rings. The normalized spacial score (nSPS) is 22.7. The average molecular weight is 1370 g/mol. The first-order valence-corrected chi connectivity index (χ1v) is 39.6. The van der Waals surface area contributed by atoms with Crippen LogP contribution >= 0.6 is 0 Å². The second-order valence-electron chi connectivity index (χ2n) is 27.5. The summed E-state index contributed by atoms with van der Waals surface area (Å²) in [6, 6.07) is -0.933. The summed E-state index contributed by atoms with van der Waals surface area (Å²) in [6.45, 7) is 2.71. The molecule has 2 heterocycles. The van der Waals surface area contributed by atoms with Crippen molar-refractivity contribution in [2.75, 3.05) is 19.8 Å². The zero-order chi connectivity index (χ0) is 70.1. The summed E-state index contributed by atoms with van der Waals surface area (Å²) in [5, 5.41) is 87.7. The quantitative estimate of drug-likeness (QED) is 0.0204. The standard InChI is InChI=1S/C83H145NO13/c1-3-5-7-9-11-13-15-17-19-21-23-25-27-29-31-33-35-37-38-40-42-44-46-48-50-52-54-56-58-60-62-64-66-72(87)71(70-94-82-80(93)78(91)81(74(69-86)96-82)97-83-79(92)77(90)76(89)73(68-85)95-83)84-75(88)67-65-63-61-59-57-55-53-51-49-47-45-43-41-39-36-34-32-30-28-26-24-22-20-18-16-14-12-10-8-6-4-2/h6,8,12,14,18,20,24,26,30,32,36,39,43,45,49,51,64,66,71-74,76-83,85-87,89-93H,3-5,7,9-11,13,15-17,19,21-23,25,27-29,31,33-35,37-38,40-42,44,46-48,50,52-63,65,67-70H2,1-2H3,(H,84,88)/b8-6-,14-12-,20-18-,26-24-,32-30-,39-36-,45-43-,51-49-,66-64+. The van der Waals surface area contributed by atoms with Crippen molar-refractivity contribution in [1.82, 2.24) is 5.32 Å². The van der Waals surface area contributed by atoms with E-state index in [0.29, 0.717) is 6.42 Å². The highest BCUT2D eigenvalue weighted by atomic mass is 16.7. The van der Waals surface area contributed by atoms with Crippen LogP contribution in [0.5, 0.6) is 0 Å². The van der Waals surface area contributed by atoms with Gasteiger partial charge in [-0.1, -0.05) is 335 Å². The van der Waals surface area contributed by atoms with Crippen LogP contribution in [0.2, 0.25) is 0 Å². The first-order valence-electron chi connectivity index (χ1n) is 39.6. The number of rotatable bonds is 65. The summed E-state index contributed by atoms with van der Waals surface area (Å²) in [5.41, 5.74) is 0. The summed E-state index contributed by atoms with van der Waals surface area (Å²) in [7, 11) is 0. The van der Waals surface area contributed by atoms with Gasteiger partial charge in [0.25, 0.3) is 0 Å². The van der Waals surface area contributed by atoms with E-state index in [1.807, 2.05) is 6.08 Å². The first-order chi connectivity index (χ1) is 47.6. The topological polar surface area (TPSA) is 228 Å². The molecule has 1 amide bonds. The Balaban J connectivity index is 1.65. The molecule has 12 unspecified atom stereocenters. The second-order valence-corrected chi connectivity index (χ2v) is 27.5. The van der Waals surface area contributed by atoms with Gasteiger partial charge >= 0.3 is 0 Å². The molecule has 0 aromatic carbocycles. The van der Waals surface area contributed by atoms with Gasteiger partial charge in [0.1, 0.15) is 48.8 Å². The van der Waals surface area contributed by atoms with Gasteiger partial charge in [-0.15, -0.1) is 0 Å². The molecule has 2 fully saturated rings. The molecule has 2 rings (SSSR count). The number of aliphatic hydroxyl groups excluding tert-OH is 8. The summed E-state index contributed by atoms with van der Waals surface area (Å²) in [5.74, 6) is -0.255. The maximum absolute atomic E-state index is 13.4. The Morgan fingerprint density at radius 1 is 0.381 bits per heavy atom. The van der Waals surface area contributed by atoms with Crippen LogP contribution in [0.15, 0.2) is 109 Å². The van der Waals surface area contributed by atoms with Crippen LogP contribution in [0, 0.1) is 0 Å². The van der Waals surface area contributed by atoms with Crippen LogP contribution in [-0.4, -0.2) is 140 Å². The Hall–Kier alpha value is -3.35. The molecule has 2 saturated heterocycles. The van der Waals surface area contributed by atoms with E-state index in [2.05, 4.69) is 116 Å². The van der Waals surface area contributed by atoms with Gasteiger partial charge in [0, 0.05) is 6.42 Å². The number of carbonyl (C=O) groups is 1. The zero-order valence-corrected chi connectivity index (χ0v) is 61.3. The number of hydrogen-bond acceptors (Lipinski definition) is 13. The van der Waals surface area contributed by atoms with E-state index in [4.69, 9.17) is 18.9 Å². The zero-order valence-electron chi connectivity index (χ0n) is 61.3. The van der Waals surface area contributed by atoms with Crippen molar-refractivity contribution in [2.45, 2.75) is 389 Å². The minimum Gasteiger partial charge on any atom is -0.394 e. The van der Waals surface area contributed by atoms with Gasteiger partial charge in [0.15, 0.2) is 12.6 Å². The van der Waals surface area contributed by atoms with Crippen molar-refractivity contribution in [3.8, 4) is 0 Å². The van der Waals surface area contributed by atoms with Crippen molar-refractivity contribution < 1.29 is 64.6 Å². The molecule has 14 nitrogen and oxygen atoms in total. The number of hydrogen-bond donors (Lipinski definition) is 9. The number of amides is 1. The van der Waals surface area contributed by atoms with Crippen molar-refractivity contribution in [3.05, 3.63) is 109 Å². The van der Waals surface area contributed by atoms with E-state index in [-0.39, 0.29) is 18.9 Å². The molecular weight excluding hydrogens is 1220 g/mol. The predicted octanol–water partition coefficient (Wildman–Crippen LogP) is 17.9. The van der Waals surface area contributed by atoms with Crippen molar-refractivity contribution in [2.24, 2.45) is 0 Å². The Morgan fingerprint density at radius 3 is 1.09 bits per heavy atom. The Bertz CT molecular complexity index is 2050. The van der Waals surface area contributed by atoms with E-state index in [0.717, 1.165) is 109 Å². The number of allylic oxidation sites excluding steroid dienone is 17. The molecular formula is C83H145NO13. The van der Waals surface area contributed by atoms with Crippen LogP contribution in [0.1, 0.15) is 316 Å². The molecule has 0 saturated carbocycles. The summed E-state index contributed by atoms with van der Waals surface area (Å²) in [4.78, 5) is 13.4. The Kier molecular flexibility index (Phi) is 61.0. The molecule has 0 aliphatic carbocycles. The van der Waals surface area contributed by atoms with E-state index in [9.17, 15) is 45.6 Å².